The molecule has 3 heteroatoms. The van der Waals surface area contributed by atoms with E-state index in [-0.39, 0.29) is 0 Å². The van der Waals surface area contributed by atoms with Gasteiger partial charge in [0.25, 0.3) is 0 Å². The van der Waals surface area contributed by atoms with Gasteiger partial charge in [0.2, 0.25) is 0 Å². The summed E-state index contributed by atoms with van der Waals surface area (Å²) in [7, 11) is 0. The summed E-state index contributed by atoms with van der Waals surface area (Å²) in [5.74, 6) is 1.95. The number of ether oxygens (including phenoxy) is 1. The maximum atomic E-state index is 6.11. The quantitative estimate of drug-likeness (QED) is 0.458. The number of para-hydroxylation sites is 2. The first kappa shape index (κ1) is 17.3. The average molecular weight is 356 g/mol. The molecule has 3 nitrogen and oxygen atoms in total. The predicted molar refractivity (Wildman–Crippen MR) is 111 cm³/mol. The highest BCUT2D eigenvalue weighted by molar-refractivity contribution is 5.80. The molecule has 0 aliphatic heterocycles. The van der Waals surface area contributed by atoms with E-state index in [4.69, 9.17) is 9.72 Å². The molecule has 0 aliphatic carbocycles. The summed E-state index contributed by atoms with van der Waals surface area (Å²) < 4.78 is 8.37. The minimum atomic E-state index is 0.601. The molecule has 1 aromatic heterocycles. The number of nitrogens with zero attached hydrogens (tertiary/aromatic N) is 2. The first-order valence-electron chi connectivity index (χ1n) is 9.35. The van der Waals surface area contributed by atoms with Gasteiger partial charge in [-0.1, -0.05) is 48.0 Å². The van der Waals surface area contributed by atoms with Crippen molar-refractivity contribution in [3.63, 3.8) is 0 Å². The highest BCUT2D eigenvalue weighted by Crippen LogP contribution is 2.26. The standard InChI is InChI=1S/C24H24N2O/c1-17-8-6-10-20(16-17)24-25-21-11-4-5-12-22(21)26(24)14-15-27-23-13-7-9-18(2)19(23)3/h4-13,16H,14-15H2,1-3H3. The number of aryl methyl sites for hydroxylation is 2. The van der Waals surface area contributed by atoms with Crippen LogP contribution in [0.1, 0.15) is 16.7 Å². The van der Waals surface area contributed by atoms with Crippen LogP contribution in [0.25, 0.3) is 22.4 Å². The Balaban J connectivity index is 1.66. The summed E-state index contributed by atoms with van der Waals surface area (Å²) in [6.07, 6.45) is 0. The number of aromatic nitrogens is 2. The number of fused-ring (bicyclic) bond motifs is 1. The fourth-order valence-corrected chi connectivity index (χ4v) is 3.43. The van der Waals surface area contributed by atoms with Gasteiger partial charge in [-0.05, 0) is 56.2 Å². The zero-order chi connectivity index (χ0) is 18.8. The van der Waals surface area contributed by atoms with Gasteiger partial charge in [0.15, 0.2) is 0 Å². The number of rotatable bonds is 5. The molecule has 136 valence electrons. The normalized spacial score (nSPS) is 11.1. The van der Waals surface area contributed by atoms with E-state index in [2.05, 4.69) is 73.9 Å². The lowest BCUT2D eigenvalue weighted by atomic mass is 10.1. The van der Waals surface area contributed by atoms with Crippen molar-refractivity contribution in [2.45, 2.75) is 27.3 Å². The molecule has 3 aromatic carbocycles. The average Bonchev–Trinajstić information content (AvgIpc) is 3.04. The summed E-state index contributed by atoms with van der Waals surface area (Å²) in [5, 5.41) is 0. The van der Waals surface area contributed by atoms with Gasteiger partial charge in [0, 0.05) is 5.56 Å². The first-order chi connectivity index (χ1) is 13.1. The van der Waals surface area contributed by atoms with E-state index in [1.165, 1.54) is 16.7 Å². The van der Waals surface area contributed by atoms with Crippen LogP contribution in [-0.2, 0) is 6.54 Å². The van der Waals surface area contributed by atoms with E-state index in [0.29, 0.717) is 6.61 Å². The molecule has 0 saturated heterocycles. The Bertz CT molecular complexity index is 1090. The van der Waals surface area contributed by atoms with E-state index in [9.17, 15) is 0 Å². The van der Waals surface area contributed by atoms with Crippen molar-refractivity contribution in [2.24, 2.45) is 0 Å². The first-order valence-corrected chi connectivity index (χ1v) is 9.35. The van der Waals surface area contributed by atoms with E-state index in [1.54, 1.807) is 0 Å². The van der Waals surface area contributed by atoms with Crippen LogP contribution >= 0.6 is 0 Å². The number of hydrogen-bond donors (Lipinski definition) is 0. The van der Waals surface area contributed by atoms with Crippen molar-refractivity contribution in [3.05, 3.63) is 83.4 Å². The third-order valence-electron chi connectivity index (χ3n) is 5.06. The molecule has 0 saturated carbocycles. The molecular weight excluding hydrogens is 332 g/mol. The molecule has 1 heterocycles. The Morgan fingerprint density at radius 1 is 0.889 bits per heavy atom. The molecule has 0 amide bonds. The molecule has 0 radical (unpaired) electrons. The van der Waals surface area contributed by atoms with Crippen LogP contribution in [0.15, 0.2) is 66.7 Å². The van der Waals surface area contributed by atoms with Crippen LogP contribution < -0.4 is 4.74 Å². The van der Waals surface area contributed by atoms with Crippen LogP contribution in [0, 0.1) is 20.8 Å². The van der Waals surface area contributed by atoms with E-state index in [0.717, 1.165) is 34.7 Å². The second-order valence-corrected chi connectivity index (χ2v) is 6.99. The SMILES string of the molecule is Cc1cccc(-c2nc3ccccc3n2CCOc2cccc(C)c2C)c1. The summed E-state index contributed by atoms with van der Waals surface area (Å²) in [6, 6.07) is 23.0. The molecule has 27 heavy (non-hydrogen) atoms. The van der Waals surface area contributed by atoms with Gasteiger partial charge in [-0.3, -0.25) is 0 Å². The highest BCUT2D eigenvalue weighted by atomic mass is 16.5. The molecular formula is C24H24N2O. The van der Waals surface area contributed by atoms with Gasteiger partial charge < -0.3 is 9.30 Å². The van der Waals surface area contributed by atoms with Crippen LogP contribution in [0.4, 0.5) is 0 Å². The molecule has 0 spiro atoms. The highest BCUT2D eigenvalue weighted by Gasteiger charge is 2.13. The third kappa shape index (κ3) is 3.45. The minimum Gasteiger partial charge on any atom is -0.491 e. The Labute approximate surface area is 160 Å². The minimum absolute atomic E-state index is 0.601. The van der Waals surface area contributed by atoms with Gasteiger partial charge in [-0.25, -0.2) is 4.98 Å². The second kappa shape index (κ2) is 7.28. The lowest BCUT2D eigenvalue weighted by Crippen LogP contribution is -2.10. The fourth-order valence-electron chi connectivity index (χ4n) is 3.43. The van der Waals surface area contributed by atoms with Gasteiger partial charge >= 0.3 is 0 Å². The molecule has 0 N–H and O–H groups in total. The summed E-state index contributed by atoms with van der Waals surface area (Å²) in [6.45, 7) is 7.68. The molecule has 4 rings (SSSR count). The van der Waals surface area contributed by atoms with Crippen molar-refractivity contribution < 1.29 is 4.74 Å². The van der Waals surface area contributed by atoms with Crippen molar-refractivity contribution in [1.29, 1.82) is 0 Å². The fraction of sp³-hybridized carbons (Fsp3) is 0.208. The van der Waals surface area contributed by atoms with Crippen LogP contribution in [0.5, 0.6) is 5.75 Å². The summed E-state index contributed by atoms with van der Waals surface area (Å²) in [4.78, 5) is 4.89. The monoisotopic (exact) mass is 356 g/mol. The molecule has 4 aromatic rings. The Morgan fingerprint density at radius 3 is 2.56 bits per heavy atom. The lowest BCUT2D eigenvalue weighted by molar-refractivity contribution is 0.298. The zero-order valence-electron chi connectivity index (χ0n) is 16.1. The third-order valence-corrected chi connectivity index (χ3v) is 5.06. The van der Waals surface area contributed by atoms with E-state index < -0.39 is 0 Å². The Hall–Kier alpha value is -3.07. The zero-order valence-corrected chi connectivity index (χ0v) is 16.1. The molecule has 0 aliphatic rings. The molecule has 0 atom stereocenters. The van der Waals surface area contributed by atoms with Crippen LogP contribution in [-0.4, -0.2) is 16.2 Å². The molecule has 0 bridgehead atoms. The van der Waals surface area contributed by atoms with Crippen molar-refractivity contribution in [3.8, 4) is 17.1 Å². The van der Waals surface area contributed by atoms with Gasteiger partial charge in [-0.2, -0.15) is 0 Å². The Morgan fingerprint density at radius 2 is 1.70 bits per heavy atom. The van der Waals surface area contributed by atoms with Crippen LogP contribution in [0.2, 0.25) is 0 Å². The molecule has 0 fully saturated rings. The summed E-state index contributed by atoms with van der Waals surface area (Å²) >= 11 is 0. The van der Waals surface area contributed by atoms with Crippen molar-refractivity contribution in [2.75, 3.05) is 6.61 Å². The van der Waals surface area contributed by atoms with E-state index in [1.807, 2.05) is 18.2 Å². The maximum Gasteiger partial charge on any atom is 0.141 e. The van der Waals surface area contributed by atoms with Gasteiger partial charge in [0.1, 0.15) is 18.2 Å². The number of hydrogen-bond acceptors (Lipinski definition) is 2. The molecule has 0 unspecified atom stereocenters. The van der Waals surface area contributed by atoms with Gasteiger partial charge in [-0.15, -0.1) is 0 Å². The number of benzene rings is 3. The maximum absolute atomic E-state index is 6.11. The van der Waals surface area contributed by atoms with Crippen LogP contribution in [0.3, 0.4) is 0 Å². The smallest absolute Gasteiger partial charge is 0.141 e. The van der Waals surface area contributed by atoms with Crippen molar-refractivity contribution >= 4 is 11.0 Å². The largest absolute Gasteiger partial charge is 0.491 e. The van der Waals surface area contributed by atoms with Crippen molar-refractivity contribution in [1.82, 2.24) is 9.55 Å². The summed E-state index contributed by atoms with van der Waals surface area (Å²) in [5.41, 5.74) is 6.97. The second-order valence-electron chi connectivity index (χ2n) is 6.99. The topological polar surface area (TPSA) is 27.1 Å². The Kier molecular flexibility index (Phi) is 4.68. The van der Waals surface area contributed by atoms with E-state index >= 15 is 0 Å². The lowest BCUT2D eigenvalue weighted by Gasteiger charge is -2.13. The van der Waals surface area contributed by atoms with Gasteiger partial charge in [0.05, 0.1) is 17.6 Å². The predicted octanol–water partition coefficient (Wildman–Crippen LogP) is 5.71. The number of imidazole rings is 1.